The van der Waals surface area contributed by atoms with E-state index in [0.29, 0.717) is 12.1 Å². The number of hydrogen-bond acceptors (Lipinski definition) is 4. The van der Waals surface area contributed by atoms with E-state index < -0.39 is 30.6 Å². The van der Waals surface area contributed by atoms with Gasteiger partial charge in [0, 0.05) is 11.9 Å². The zero-order valence-corrected chi connectivity index (χ0v) is 9.54. The third kappa shape index (κ3) is 2.06. The summed E-state index contributed by atoms with van der Waals surface area (Å²) < 4.78 is 5.46. The summed E-state index contributed by atoms with van der Waals surface area (Å²) in [5.74, 6) is 0. The average molecular weight is 240 g/mol. The molecule has 0 saturated carbocycles. The highest BCUT2D eigenvalue weighted by Gasteiger charge is 2.46. The molecule has 0 aromatic heterocycles. The minimum absolute atomic E-state index is 0.425. The quantitative estimate of drug-likeness (QED) is 0.629. The number of nitrogens with zero attached hydrogens (tertiary/aromatic N) is 1. The Labute approximate surface area is 99.2 Å². The molecule has 2 amide bonds. The second-order valence-electron chi connectivity index (χ2n) is 4.13. The van der Waals surface area contributed by atoms with E-state index in [1.807, 2.05) is 6.92 Å². The first kappa shape index (κ1) is 12.1. The maximum Gasteiger partial charge on any atom is 0.328 e. The highest BCUT2D eigenvalue weighted by atomic mass is 16.6. The summed E-state index contributed by atoms with van der Waals surface area (Å²) in [7, 11) is 0. The first-order valence-corrected chi connectivity index (χ1v) is 5.52. The number of rotatable bonds is 2. The molecule has 0 bridgehead atoms. The van der Waals surface area contributed by atoms with Crippen molar-refractivity contribution < 1.29 is 19.7 Å². The summed E-state index contributed by atoms with van der Waals surface area (Å²) in [4.78, 5) is 12.9. The van der Waals surface area contributed by atoms with Gasteiger partial charge < -0.3 is 20.3 Å². The number of amides is 2. The number of carbonyl (C=O) groups excluding carboxylic acids is 1. The van der Waals surface area contributed by atoms with Gasteiger partial charge >= 0.3 is 6.03 Å². The molecule has 4 atom stereocenters. The normalized spacial score (nSPS) is 37.5. The number of ether oxygens (including phenoxy) is 1. The lowest BCUT2D eigenvalue weighted by atomic mass is 10.1. The summed E-state index contributed by atoms with van der Waals surface area (Å²) in [6.45, 7) is 5.44. The molecular formula is C11H16N2O4. The molecule has 0 spiro atoms. The summed E-state index contributed by atoms with van der Waals surface area (Å²) in [6, 6.07) is -0.425. The van der Waals surface area contributed by atoms with Crippen LogP contribution < -0.4 is 5.32 Å². The van der Waals surface area contributed by atoms with Crippen molar-refractivity contribution in [3.05, 3.63) is 24.6 Å². The Morgan fingerprint density at radius 2 is 2.24 bits per heavy atom. The number of aliphatic hydroxyl groups excluding tert-OH is 2. The number of nitrogens with one attached hydrogen (secondary N) is 1. The van der Waals surface area contributed by atoms with Crippen molar-refractivity contribution in [2.75, 3.05) is 0 Å². The fourth-order valence-electron chi connectivity index (χ4n) is 1.98. The van der Waals surface area contributed by atoms with Crippen molar-refractivity contribution in [3.63, 3.8) is 0 Å². The van der Waals surface area contributed by atoms with Crippen LogP contribution in [0.15, 0.2) is 24.6 Å². The van der Waals surface area contributed by atoms with Gasteiger partial charge in [-0.25, -0.2) is 4.79 Å². The molecule has 0 aliphatic carbocycles. The fourth-order valence-corrected chi connectivity index (χ4v) is 1.98. The van der Waals surface area contributed by atoms with E-state index >= 15 is 0 Å². The number of carbonyl (C=O) groups is 1. The van der Waals surface area contributed by atoms with Crippen molar-refractivity contribution in [3.8, 4) is 0 Å². The van der Waals surface area contributed by atoms with Gasteiger partial charge in [-0.3, -0.25) is 4.90 Å². The van der Waals surface area contributed by atoms with E-state index in [0.717, 1.165) is 0 Å². The van der Waals surface area contributed by atoms with Crippen molar-refractivity contribution in [1.29, 1.82) is 0 Å². The standard InChI is InChI=1S/C11H16N2O4/c1-3-7-8(14)9(15)10(17-7)13-5-4-6(2)12-11(13)16/h4-5,7-10,14-15H,2-3H2,1H3,(H,12,16)/t7-,8-,9-,10-/m1/s1. The molecule has 2 aliphatic rings. The van der Waals surface area contributed by atoms with E-state index in [1.54, 1.807) is 6.08 Å². The van der Waals surface area contributed by atoms with Gasteiger partial charge in [-0.1, -0.05) is 13.5 Å². The SMILES string of the molecule is C=C1C=CN([C@@H]2O[C@H](CC)[C@@H](O)[C@H]2O)C(=O)N1. The second kappa shape index (κ2) is 4.48. The zero-order chi connectivity index (χ0) is 12.6. The highest BCUT2D eigenvalue weighted by Crippen LogP contribution is 2.27. The Morgan fingerprint density at radius 3 is 2.76 bits per heavy atom. The van der Waals surface area contributed by atoms with Gasteiger partial charge in [-0.2, -0.15) is 0 Å². The summed E-state index contributed by atoms with van der Waals surface area (Å²) in [5.41, 5.74) is 0.478. The van der Waals surface area contributed by atoms with Crippen LogP contribution in [0.2, 0.25) is 0 Å². The monoisotopic (exact) mass is 240 g/mol. The first-order chi connectivity index (χ1) is 8.04. The van der Waals surface area contributed by atoms with Crippen LogP contribution in [-0.2, 0) is 4.74 Å². The third-order valence-corrected chi connectivity index (χ3v) is 2.95. The lowest BCUT2D eigenvalue weighted by Crippen LogP contribution is -2.49. The van der Waals surface area contributed by atoms with Gasteiger partial charge in [0.1, 0.15) is 12.2 Å². The van der Waals surface area contributed by atoms with Crippen LogP contribution in [0.25, 0.3) is 0 Å². The topological polar surface area (TPSA) is 82.0 Å². The van der Waals surface area contributed by atoms with Gasteiger partial charge in [0.25, 0.3) is 0 Å². The van der Waals surface area contributed by atoms with E-state index in [-0.39, 0.29) is 0 Å². The number of hydrogen-bond donors (Lipinski definition) is 3. The van der Waals surface area contributed by atoms with Gasteiger partial charge in [0.05, 0.1) is 6.10 Å². The molecule has 94 valence electrons. The minimum Gasteiger partial charge on any atom is -0.388 e. The number of urea groups is 1. The molecule has 17 heavy (non-hydrogen) atoms. The maximum absolute atomic E-state index is 11.7. The molecule has 6 heteroatoms. The number of aliphatic hydroxyl groups is 2. The molecule has 0 radical (unpaired) electrons. The molecule has 2 aliphatic heterocycles. The van der Waals surface area contributed by atoms with Crippen LogP contribution in [0.4, 0.5) is 4.79 Å². The molecule has 0 aromatic rings. The molecular weight excluding hydrogens is 224 g/mol. The summed E-state index contributed by atoms with van der Waals surface area (Å²) in [5, 5.41) is 22.1. The lowest BCUT2D eigenvalue weighted by Gasteiger charge is -2.30. The molecule has 1 fully saturated rings. The second-order valence-corrected chi connectivity index (χ2v) is 4.13. The van der Waals surface area contributed by atoms with Crippen LogP contribution in [0.1, 0.15) is 13.3 Å². The van der Waals surface area contributed by atoms with E-state index in [1.165, 1.54) is 11.1 Å². The maximum atomic E-state index is 11.7. The molecule has 1 saturated heterocycles. The van der Waals surface area contributed by atoms with Crippen LogP contribution >= 0.6 is 0 Å². The molecule has 3 N–H and O–H groups in total. The van der Waals surface area contributed by atoms with Crippen LogP contribution in [0.3, 0.4) is 0 Å². The Morgan fingerprint density at radius 1 is 1.53 bits per heavy atom. The molecule has 0 unspecified atom stereocenters. The van der Waals surface area contributed by atoms with Crippen molar-refractivity contribution >= 4 is 6.03 Å². The Bertz CT molecular complexity index is 368. The lowest BCUT2D eigenvalue weighted by molar-refractivity contribution is -0.0536. The molecule has 2 rings (SSSR count). The Hall–Kier alpha value is -1.37. The Kier molecular flexibility index (Phi) is 3.19. The minimum atomic E-state index is -1.11. The van der Waals surface area contributed by atoms with Crippen molar-refractivity contribution in [2.24, 2.45) is 0 Å². The Balaban J connectivity index is 2.16. The van der Waals surface area contributed by atoms with Crippen molar-refractivity contribution in [2.45, 2.75) is 37.9 Å². The zero-order valence-electron chi connectivity index (χ0n) is 9.54. The van der Waals surface area contributed by atoms with E-state index in [9.17, 15) is 15.0 Å². The number of allylic oxidation sites excluding steroid dienone is 1. The smallest absolute Gasteiger partial charge is 0.328 e. The van der Waals surface area contributed by atoms with Crippen LogP contribution in [-0.4, -0.2) is 45.7 Å². The van der Waals surface area contributed by atoms with E-state index in [4.69, 9.17) is 4.74 Å². The average Bonchev–Trinajstić information content (AvgIpc) is 2.57. The molecule has 2 heterocycles. The van der Waals surface area contributed by atoms with Gasteiger partial charge in [0.2, 0.25) is 0 Å². The van der Waals surface area contributed by atoms with Gasteiger partial charge in [-0.05, 0) is 12.5 Å². The van der Waals surface area contributed by atoms with E-state index in [2.05, 4.69) is 11.9 Å². The largest absolute Gasteiger partial charge is 0.388 e. The van der Waals surface area contributed by atoms with Crippen LogP contribution in [0.5, 0.6) is 0 Å². The highest BCUT2D eigenvalue weighted by molar-refractivity contribution is 5.79. The fraction of sp³-hybridized carbons (Fsp3) is 0.545. The molecule has 6 nitrogen and oxygen atoms in total. The predicted octanol–water partition coefficient (Wildman–Crippen LogP) is -0.104. The first-order valence-electron chi connectivity index (χ1n) is 5.52. The van der Waals surface area contributed by atoms with Gasteiger partial charge in [-0.15, -0.1) is 0 Å². The third-order valence-electron chi connectivity index (χ3n) is 2.95. The molecule has 0 aromatic carbocycles. The summed E-state index contributed by atoms with van der Waals surface area (Å²) >= 11 is 0. The van der Waals surface area contributed by atoms with Crippen LogP contribution in [0, 0.1) is 0 Å². The van der Waals surface area contributed by atoms with Crippen molar-refractivity contribution in [1.82, 2.24) is 10.2 Å². The summed E-state index contributed by atoms with van der Waals surface area (Å²) in [6.07, 6.45) is 0.252. The predicted molar refractivity (Wildman–Crippen MR) is 59.6 cm³/mol. The van der Waals surface area contributed by atoms with Gasteiger partial charge in [0.15, 0.2) is 6.23 Å².